The molecule has 4 rings (SSSR count). The fourth-order valence-electron chi connectivity index (χ4n) is 3.62. The van der Waals surface area contributed by atoms with E-state index in [1.807, 2.05) is 11.8 Å². The molecule has 150 valence electrons. The molecule has 1 saturated heterocycles. The van der Waals surface area contributed by atoms with Crippen molar-refractivity contribution in [3.05, 3.63) is 64.7 Å². The number of amides is 1. The summed E-state index contributed by atoms with van der Waals surface area (Å²) >= 11 is 1.20. The van der Waals surface area contributed by atoms with Crippen LogP contribution in [0.15, 0.2) is 58.5 Å². The molecule has 0 bridgehead atoms. The summed E-state index contributed by atoms with van der Waals surface area (Å²) in [5.41, 5.74) is 0.321. The van der Waals surface area contributed by atoms with Crippen LogP contribution in [0, 0.1) is 5.82 Å². The Balaban J connectivity index is 1.78. The summed E-state index contributed by atoms with van der Waals surface area (Å²) in [6, 6.07) is 13.1. The van der Waals surface area contributed by atoms with Crippen molar-refractivity contribution in [2.45, 2.75) is 36.6 Å². The Kier molecular flexibility index (Phi) is 5.67. The van der Waals surface area contributed by atoms with E-state index in [0.29, 0.717) is 16.1 Å². The topological polar surface area (TPSA) is 55.2 Å². The summed E-state index contributed by atoms with van der Waals surface area (Å²) in [5, 5.41) is 0.297. The first kappa shape index (κ1) is 19.6. The minimum atomic E-state index is -0.511. The number of para-hydroxylation sites is 2. The third-order valence-corrected chi connectivity index (χ3v) is 6.18. The molecule has 1 aliphatic rings. The van der Waals surface area contributed by atoms with Crippen LogP contribution in [-0.4, -0.2) is 38.7 Å². The van der Waals surface area contributed by atoms with Crippen molar-refractivity contribution >= 4 is 28.6 Å². The second-order valence-corrected chi connectivity index (χ2v) is 8.46. The van der Waals surface area contributed by atoms with Gasteiger partial charge in [0.2, 0.25) is 5.91 Å². The standard InChI is InChI=1S/C22H22FN3O2S/c1-15(20(27)25-13-7-2-8-14-25)29-22-24-18-11-5-3-9-16(18)21(28)26(22)19-12-6-4-10-17(19)23/h3-6,9-12,15H,2,7-8,13-14H2,1H3/t15-/m0/s1. The number of rotatable bonds is 4. The van der Waals surface area contributed by atoms with E-state index in [1.54, 1.807) is 42.5 Å². The zero-order valence-electron chi connectivity index (χ0n) is 16.2. The fourth-order valence-corrected chi connectivity index (χ4v) is 4.62. The molecule has 1 aromatic heterocycles. The zero-order chi connectivity index (χ0) is 20.4. The Labute approximate surface area is 172 Å². The number of benzene rings is 2. The number of piperidine rings is 1. The minimum Gasteiger partial charge on any atom is -0.342 e. The predicted octanol–water partition coefficient (Wildman–Crippen LogP) is 4.02. The van der Waals surface area contributed by atoms with Gasteiger partial charge in [0, 0.05) is 13.1 Å². The lowest BCUT2D eigenvalue weighted by Crippen LogP contribution is -2.40. The first-order chi connectivity index (χ1) is 14.1. The minimum absolute atomic E-state index is 0.0252. The van der Waals surface area contributed by atoms with Gasteiger partial charge in [-0.15, -0.1) is 0 Å². The molecule has 29 heavy (non-hydrogen) atoms. The van der Waals surface area contributed by atoms with Crippen LogP contribution in [0.1, 0.15) is 26.2 Å². The number of hydrogen-bond donors (Lipinski definition) is 0. The molecule has 7 heteroatoms. The van der Waals surface area contributed by atoms with E-state index in [2.05, 4.69) is 4.98 Å². The Morgan fingerprint density at radius 1 is 1.07 bits per heavy atom. The average molecular weight is 412 g/mol. The van der Waals surface area contributed by atoms with E-state index in [4.69, 9.17) is 0 Å². The highest BCUT2D eigenvalue weighted by molar-refractivity contribution is 8.00. The fraction of sp³-hybridized carbons (Fsp3) is 0.318. The number of thioether (sulfide) groups is 1. The van der Waals surface area contributed by atoms with Gasteiger partial charge in [0.1, 0.15) is 5.82 Å². The summed E-state index contributed by atoms with van der Waals surface area (Å²) < 4.78 is 15.8. The van der Waals surface area contributed by atoms with Crippen LogP contribution in [0.2, 0.25) is 0 Å². The molecule has 0 aliphatic carbocycles. The first-order valence-corrected chi connectivity index (χ1v) is 10.7. The van der Waals surface area contributed by atoms with Gasteiger partial charge in [-0.25, -0.2) is 9.37 Å². The molecule has 1 fully saturated rings. The molecule has 5 nitrogen and oxygen atoms in total. The van der Waals surface area contributed by atoms with Crippen molar-refractivity contribution < 1.29 is 9.18 Å². The number of hydrogen-bond acceptors (Lipinski definition) is 4. The number of halogens is 1. The van der Waals surface area contributed by atoms with Gasteiger partial charge in [-0.3, -0.25) is 14.2 Å². The highest BCUT2D eigenvalue weighted by Gasteiger charge is 2.25. The molecule has 0 unspecified atom stereocenters. The molecular formula is C22H22FN3O2S. The van der Waals surface area contributed by atoms with Gasteiger partial charge in [0.15, 0.2) is 5.16 Å². The van der Waals surface area contributed by atoms with Crippen molar-refractivity contribution in [1.29, 1.82) is 0 Å². The molecule has 0 radical (unpaired) electrons. The third kappa shape index (κ3) is 3.92. The molecule has 2 aromatic carbocycles. The molecular weight excluding hydrogens is 389 g/mol. The number of carbonyl (C=O) groups is 1. The maximum Gasteiger partial charge on any atom is 0.266 e. The number of nitrogens with zero attached hydrogens (tertiary/aromatic N) is 3. The summed E-state index contributed by atoms with van der Waals surface area (Å²) in [4.78, 5) is 32.6. The number of carbonyl (C=O) groups excluding carboxylic acids is 1. The molecule has 1 atom stereocenters. The number of aromatic nitrogens is 2. The van der Waals surface area contributed by atoms with Crippen LogP contribution < -0.4 is 5.56 Å². The average Bonchev–Trinajstić information content (AvgIpc) is 2.75. The number of fused-ring (bicyclic) bond motifs is 1. The molecule has 0 N–H and O–H groups in total. The van der Waals surface area contributed by atoms with Crippen LogP contribution >= 0.6 is 11.8 Å². The molecule has 0 saturated carbocycles. The van der Waals surface area contributed by atoms with Gasteiger partial charge in [-0.2, -0.15) is 0 Å². The maximum absolute atomic E-state index is 14.6. The van der Waals surface area contributed by atoms with Crippen molar-refractivity contribution in [1.82, 2.24) is 14.5 Å². The monoisotopic (exact) mass is 411 g/mol. The summed E-state index contributed by atoms with van der Waals surface area (Å²) in [5.74, 6) is -0.485. The largest absolute Gasteiger partial charge is 0.342 e. The van der Waals surface area contributed by atoms with Gasteiger partial charge in [-0.05, 0) is 50.5 Å². The Morgan fingerprint density at radius 3 is 2.52 bits per heavy atom. The second-order valence-electron chi connectivity index (χ2n) is 7.15. The third-order valence-electron chi connectivity index (χ3n) is 5.14. The van der Waals surface area contributed by atoms with E-state index in [0.717, 1.165) is 32.4 Å². The SMILES string of the molecule is C[C@H](Sc1nc2ccccc2c(=O)n1-c1ccccc1F)C(=O)N1CCCCC1. The Bertz CT molecular complexity index is 1110. The maximum atomic E-state index is 14.6. The van der Waals surface area contributed by atoms with E-state index < -0.39 is 11.1 Å². The Hall–Kier alpha value is -2.67. The molecule has 2 heterocycles. The van der Waals surface area contributed by atoms with Crippen LogP contribution in [0.4, 0.5) is 4.39 Å². The lowest BCUT2D eigenvalue weighted by Gasteiger charge is -2.29. The second kappa shape index (κ2) is 8.37. The van der Waals surface area contributed by atoms with Crippen LogP contribution in [0.5, 0.6) is 0 Å². The first-order valence-electron chi connectivity index (χ1n) is 9.78. The molecule has 3 aromatic rings. The summed E-state index contributed by atoms with van der Waals surface area (Å²) in [6.45, 7) is 3.33. The Morgan fingerprint density at radius 2 is 1.76 bits per heavy atom. The molecule has 1 amide bonds. The summed E-state index contributed by atoms with van der Waals surface area (Å²) in [6.07, 6.45) is 3.17. The highest BCUT2D eigenvalue weighted by atomic mass is 32.2. The van der Waals surface area contributed by atoms with E-state index in [1.165, 1.54) is 22.4 Å². The quantitative estimate of drug-likeness (QED) is 0.481. The van der Waals surface area contributed by atoms with Gasteiger partial charge >= 0.3 is 0 Å². The zero-order valence-corrected chi connectivity index (χ0v) is 17.0. The summed E-state index contributed by atoms with van der Waals surface area (Å²) in [7, 11) is 0. The van der Waals surface area contributed by atoms with Crippen molar-refractivity contribution in [3.63, 3.8) is 0 Å². The lowest BCUT2D eigenvalue weighted by atomic mass is 10.1. The molecule has 1 aliphatic heterocycles. The van der Waals surface area contributed by atoms with E-state index in [-0.39, 0.29) is 17.2 Å². The van der Waals surface area contributed by atoms with Gasteiger partial charge < -0.3 is 4.90 Å². The smallest absolute Gasteiger partial charge is 0.266 e. The van der Waals surface area contributed by atoms with Crippen molar-refractivity contribution in [2.24, 2.45) is 0 Å². The van der Waals surface area contributed by atoms with Crippen LogP contribution in [-0.2, 0) is 4.79 Å². The number of likely N-dealkylation sites (tertiary alicyclic amines) is 1. The van der Waals surface area contributed by atoms with Gasteiger partial charge in [-0.1, -0.05) is 36.0 Å². The highest BCUT2D eigenvalue weighted by Crippen LogP contribution is 2.27. The van der Waals surface area contributed by atoms with Gasteiger partial charge in [0.05, 0.1) is 21.8 Å². The van der Waals surface area contributed by atoms with E-state index in [9.17, 15) is 14.0 Å². The normalized spacial score (nSPS) is 15.4. The van der Waals surface area contributed by atoms with Crippen LogP contribution in [0.25, 0.3) is 16.6 Å². The van der Waals surface area contributed by atoms with E-state index >= 15 is 0 Å². The lowest BCUT2D eigenvalue weighted by molar-refractivity contribution is -0.131. The van der Waals surface area contributed by atoms with Crippen LogP contribution in [0.3, 0.4) is 0 Å². The molecule has 0 spiro atoms. The van der Waals surface area contributed by atoms with Crippen molar-refractivity contribution in [2.75, 3.05) is 13.1 Å². The van der Waals surface area contributed by atoms with Gasteiger partial charge in [0.25, 0.3) is 5.56 Å². The predicted molar refractivity (Wildman–Crippen MR) is 113 cm³/mol. The van der Waals surface area contributed by atoms with Crippen molar-refractivity contribution in [3.8, 4) is 5.69 Å².